The van der Waals surface area contributed by atoms with Crippen LogP contribution in [0.3, 0.4) is 0 Å². The topological polar surface area (TPSA) is 21.3 Å². The lowest BCUT2D eigenvalue weighted by atomic mass is 10.0. The zero-order chi connectivity index (χ0) is 11.0. The number of hydrogen-bond acceptors (Lipinski definition) is 2. The Hall–Kier alpha value is -0.860. The van der Waals surface area contributed by atoms with E-state index in [-0.39, 0.29) is 5.60 Å². The van der Waals surface area contributed by atoms with Crippen LogP contribution in [0.2, 0.25) is 0 Å². The fraction of sp³-hybridized carbons (Fsp3) is 0.571. The first-order valence-electron chi connectivity index (χ1n) is 6.23. The molecule has 1 unspecified atom stereocenters. The molecule has 2 heteroatoms. The molecule has 2 fully saturated rings. The summed E-state index contributed by atoms with van der Waals surface area (Å²) in [6.07, 6.45) is 4.91. The summed E-state index contributed by atoms with van der Waals surface area (Å²) in [5.41, 5.74) is 2.83. The second-order valence-corrected chi connectivity index (χ2v) is 4.97. The van der Waals surface area contributed by atoms with Gasteiger partial charge in [-0.1, -0.05) is 24.3 Å². The van der Waals surface area contributed by atoms with Crippen LogP contribution < -0.4 is 5.32 Å². The van der Waals surface area contributed by atoms with Crippen molar-refractivity contribution in [3.8, 4) is 0 Å². The molecule has 0 aromatic heterocycles. The minimum atomic E-state index is 0.0572. The Balaban J connectivity index is 1.79. The molecule has 1 atom stereocenters. The Kier molecular flexibility index (Phi) is 2.49. The van der Waals surface area contributed by atoms with Crippen LogP contribution >= 0.6 is 0 Å². The van der Waals surface area contributed by atoms with Crippen LogP contribution in [-0.2, 0) is 10.3 Å². The van der Waals surface area contributed by atoms with E-state index in [0.717, 1.165) is 6.54 Å². The van der Waals surface area contributed by atoms with E-state index in [2.05, 4.69) is 29.6 Å². The molecular formula is C14H19NO. The minimum absolute atomic E-state index is 0.0572. The molecule has 1 aromatic carbocycles. The van der Waals surface area contributed by atoms with E-state index in [0.29, 0.717) is 6.04 Å². The summed E-state index contributed by atoms with van der Waals surface area (Å²) in [6.45, 7) is 1.16. The quantitative estimate of drug-likeness (QED) is 0.840. The maximum absolute atomic E-state index is 5.58. The lowest BCUT2D eigenvalue weighted by molar-refractivity contribution is 0.0789. The third-order valence-corrected chi connectivity index (χ3v) is 3.99. The number of hydrogen-bond donors (Lipinski definition) is 1. The van der Waals surface area contributed by atoms with E-state index in [4.69, 9.17) is 4.74 Å². The second kappa shape index (κ2) is 3.86. The van der Waals surface area contributed by atoms with Crippen molar-refractivity contribution in [3.63, 3.8) is 0 Å². The van der Waals surface area contributed by atoms with E-state index in [1.165, 1.54) is 36.8 Å². The lowest BCUT2D eigenvalue weighted by Crippen LogP contribution is -2.13. The van der Waals surface area contributed by atoms with Crippen molar-refractivity contribution in [1.82, 2.24) is 5.32 Å². The summed E-state index contributed by atoms with van der Waals surface area (Å²) in [5.74, 6) is 0. The van der Waals surface area contributed by atoms with Crippen molar-refractivity contribution in [3.05, 3.63) is 35.4 Å². The van der Waals surface area contributed by atoms with Gasteiger partial charge < -0.3 is 10.1 Å². The highest BCUT2D eigenvalue weighted by Gasteiger charge is 2.44. The third kappa shape index (κ3) is 1.66. The molecule has 1 saturated heterocycles. The van der Waals surface area contributed by atoms with Gasteiger partial charge in [0.1, 0.15) is 0 Å². The average molecular weight is 217 g/mol. The molecule has 2 aliphatic rings. The van der Waals surface area contributed by atoms with Crippen molar-refractivity contribution in [2.24, 2.45) is 0 Å². The van der Waals surface area contributed by atoms with Crippen molar-refractivity contribution in [2.45, 2.75) is 37.3 Å². The van der Waals surface area contributed by atoms with Crippen molar-refractivity contribution in [2.75, 3.05) is 13.7 Å². The lowest BCUT2D eigenvalue weighted by Gasteiger charge is -2.16. The maximum Gasteiger partial charge on any atom is 0.0929 e. The first kappa shape index (κ1) is 10.3. The number of ether oxygens (including phenoxy) is 1. The third-order valence-electron chi connectivity index (χ3n) is 3.99. The first-order valence-corrected chi connectivity index (χ1v) is 6.23. The van der Waals surface area contributed by atoms with Crippen LogP contribution in [0.1, 0.15) is 42.9 Å². The molecule has 86 valence electrons. The zero-order valence-corrected chi connectivity index (χ0v) is 9.83. The summed E-state index contributed by atoms with van der Waals surface area (Å²) >= 11 is 0. The number of rotatable bonds is 3. The van der Waals surface area contributed by atoms with Gasteiger partial charge in [-0.25, -0.2) is 0 Å². The SMILES string of the molecule is COC1(c2ccc(C3CCCN3)cc2)CC1. The minimum Gasteiger partial charge on any atom is -0.374 e. The van der Waals surface area contributed by atoms with Gasteiger partial charge in [0.15, 0.2) is 0 Å². The molecule has 1 aromatic rings. The monoisotopic (exact) mass is 217 g/mol. The molecule has 1 aliphatic heterocycles. The fourth-order valence-corrected chi connectivity index (χ4v) is 2.71. The number of benzene rings is 1. The molecule has 1 saturated carbocycles. The second-order valence-electron chi connectivity index (χ2n) is 4.97. The molecule has 1 aliphatic carbocycles. The Bertz CT molecular complexity index is 361. The van der Waals surface area contributed by atoms with Gasteiger partial charge in [0.05, 0.1) is 5.60 Å². The predicted molar refractivity (Wildman–Crippen MR) is 64.3 cm³/mol. The van der Waals surface area contributed by atoms with E-state index >= 15 is 0 Å². The summed E-state index contributed by atoms with van der Waals surface area (Å²) in [7, 11) is 1.82. The van der Waals surface area contributed by atoms with E-state index in [9.17, 15) is 0 Å². The molecule has 0 spiro atoms. The van der Waals surface area contributed by atoms with Gasteiger partial charge in [-0.15, -0.1) is 0 Å². The van der Waals surface area contributed by atoms with Crippen molar-refractivity contribution < 1.29 is 4.74 Å². The average Bonchev–Trinajstić information content (AvgIpc) is 2.96. The highest BCUT2D eigenvalue weighted by Crippen LogP contribution is 2.48. The Morgan fingerprint density at radius 1 is 1.25 bits per heavy atom. The standard InChI is InChI=1S/C14H19NO/c1-16-14(8-9-14)12-6-4-11(5-7-12)13-3-2-10-15-13/h4-7,13,15H,2-3,8-10H2,1H3. The van der Waals surface area contributed by atoms with E-state index in [1.807, 2.05) is 7.11 Å². The number of methoxy groups -OCH3 is 1. The Labute approximate surface area is 97.0 Å². The predicted octanol–water partition coefficient (Wildman–Crippen LogP) is 2.75. The van der Waals surface area contributed by atoms with Crippen LogP contribution in [0.4, 0.5) is 0 Å². The van der Waals surface area contributed by atoms with Crippen LogP contribution in [0.15, 0.2) is 24.3 Å². The summed E-state index contributed by atoms with van der Waals surface area (Å²) in [5, 5.41) is 3.53. The van der Waals surface area contributed by atoms with Gasteiger partial charge in [-0.05, 0) is 43.4 Å². The molecule has 0 bridgehead atoms. The van der Waals surface area contributed by atoms with Crippen LogP contribution in [0.25, 0.3) is 0 Å². The van der Waals surface area contributed by atoms with Gasteiger partial charge in [0.25, 0.3) is 0 Å². The van der Waals surface area contributed by atoms with E-state index < -0.39 is 0 Å². The normalized spacial score (nSPS) is 26.9. The van der Waals surface area contributed by atoms with Crippen LogP contribution in [0, 0.1) is 0 Å². The number of nitrogens with one attached hydrogen (secondary N) is 1. The molecular weight excluding hydrogens is 198 g/mol. The fourth-order valence-electron chi connectivity index (χ4n) is 2.71. The molecule has 3 rings (SSSR count). The summed E-state index contributed by atoms with van der Waals surface area (Å²) in [6, 6.07) is 9.58. The highest BCUT2D eigenvalue weighted by molar-refractivity contribution is 5.32. The molecule has 0 radical (unpaired) electrons. The smallest absolute Gasteiger partial charge is 0.0929 e. The van der Waals surface area contributed by atoms with Crippen LogP contribution in [-0.4, -0.2) is 13.7 Å². The molecule has 1 N–H and O–H groups in total. The van der Waals surface area contributed by atoms with Gasteiger partial charge in [-0.2, -0.15) is 0 Å². The van der Waals surface area contributed by atoms with Gasteiger partial charge in [0.2, 0.25) is 0 Å². The van der Waals surface area contributed by atoms with Gasteiger partial charge in [-0.3, -0.25) is 0 Å². The molecule has 2 nitrogen and oxygen atoms in total. The zero-order valence-electron chi connectivity index (χ0n) is 9.83. The molecule has 16 heavy (non-hydrogen) atoms. The highest BCUT2D eigenvalue weighted by atomic mass is 16.5. The van der Waals surface area contributed by atoms with Gasteiger partial charge >= 0.3 is 0 Å². The van der Waals surface area contributed by atoms with Crippen LogP contribution in [0.5, 0.6) is 0 Å². The Morgan fingerprint density at radius 2 is 2.00 bits per heavy atom. The Morgan fingerprint density at radius 3 is 2.50 bits per heavy atom. The molecule has 1 heterocycles. The molecule has 0 amide bonds. The summed E-state index contributed by atoms with van der Waals surface area (Å²) in [4.78, 5) is 0. The first-order chi connectivity index (χ1) is 7.84. The van der Waals surface area contributed by atoms with Gasteiger partial charge in [0, 0.05) is 13.2 Å². The van der Waals surface area contributed by atoms with E-state index in [1.54, 1.807) is 0 Å². The summed E-state index contributed by atoms with van der Waals surface area (Å²) < 4.78 is 5.58. The maximum atomic E-state index is 5.58. The van der Waals surface area contributed by atoms with Crippen molar-refractivity contribution in [1.29, 1.82) is 0 Å². The van der Waals surface area contributed by atoms with Crippen molar-refractivity contribution >= 4 is 0 Å². The largest absolute Gasteiger partial charge is 0.374 e.